The van der Waals surface area contributed by atoms with Crippen molar-refractivity contribution in [3.05, 3.63) is 505 Å². The highest BCUT2D eigenvalue weighted by Gasteiger charge is 2.36. The highest BCUT2D eigenvalue weighted by atomic mass is 15.0. The first-order chi connectivity index (χ1) is 69.9. The summed E-state index contributed by atoms with van der Waals surface area (Å²) in [6, 6.07) is 166. The molecular formula is C137H104N6. The Labute approximate surface area is 832 Å². The number of aromatic nitrogens is 6. The van der Waals surface area contributed by atoms with Gasteiger partial charge < -0.3 is 27.4 Å². The second kappa shape index (κ2) is 33.9. The Morgan fingerprint density at radius 3 is 0.734 bits per heavy atom. The molecule has 0 saturated heterocycles. The average Bonchev–Trinajstić information content (AvgIpc) is 1.57. The average molecular weight is 1830 g/mol. The Balaban J connectivity index is 0.000000110. The summed E-state index contributed by atoms with van der Waals surface area (Å²) >= 11 is 0. The lowest BCUT2D eigenvalue weighted by molar-refractivity contribution is 0.660. The third kappa shape index (κ3) is 14.5. The van der Waals surface area contributed by atoms with Crippen molar-refractivity contribution in [1.82, 2.24) is 27.4 Å². The topological polar surface area (TPSA) is 29.6 Å². The van der Waals surface area contributed by atoms with Crippen LogP contribution in [0.1, 0.15) is 69.5 Å². The summed E-state index contributed by atoms with van der Waals surface area (Å²) in [5, 5.41) is 15.2. The van der Waals surface area contributed by atoms with Crippen molar-refractivity contribution >= 4 is 131 Å². The smallest absolute Gasteiger partial charge is 0.0547 e. The molecule has 143 heavy (non-hydrogen) atoms. The molecule has 27 aromatic rings. The molecule has 0 N–H and O–H groups in total. The van der Waals surface area contributed by atoms with Crippen molar-refractivity contribution < 1.29 is 0 Å². The summed E-state index contributed by atoms with van der Waals surface area (Å²) in [6.45, 7) is 22.1. The maximum absolute atomic E-state index is 2.47. The molecule has 21 aromatic carbocycles. The zero-order valence-corrected chi connectivity index (χ0v) is 81.9. The van der Waals surface area contributed by atoms with Crippen LogP contribution in [0.3, 0.4) is 0 Å². The first kappa shape index (κ1) is 85.8. The van der Waals surface area contributed by atoms with Gasteiger partial charge in [0.2, 0.25) is 0 Å². The van der Waals surface area contributed by atoms with E-state index in [4.69, 9.17) is 0 Å². The number of para-hydroxylation sites is 7. The molecular weight excluding hydrogens is 1730 g/mol. The Hall–Kier alpha value is -17.6. The fourth-order valence-electron chi connectivity index (χ4n) is 24.0. The van der Waals surface area contributed by atoms with Crippen LogP contribution in [0.5, 0.6) is 0 Å². The van der Waals surface area contributed by atoms with E-state index in [-0.39, 0.29) is 5.41 Å². The molecule has 6 heterocycles. The molecule has 0 unspecified atom stereocenters. The summed E-state index contributed by atoms with van der Waals surface area (Å²) in [4.78, 5) is 0. The number of fused-ring (bicyclic) bond motifs is 21. The van der Waals surface area contributed by atoms with E-state index in [0.717, 1.165) is 0 Å². The van der Waals surface area contributed by atoms with E-state index < -0.39 is 0 Å². The molecule has 28 rings (SSSR count). The fourth-order valence-corrected chi connectivity index (χ4v) is 24.0. The molecule has 0 saturated carbocycles. The van der Waals surface area contributed by atoms with Crippen LogP contribution < -0.4 is 0 Å². The van der Waals surface area contributed by atoms with Crippen LogP contribution in [0.2, 0.25) is 0 Å². The number of benzene rings is 21. The van der Waals surface area contributed by atoms with Crippen LogP contribution in [0.4, 0.5) is 0 Å². The number of hydrogen-bond acceptors (Lipinski definition) is 0. The van der Waals surface area contributed by atoms with Crippen molar-refractivity contribution in [3.8, 4) is 101 Å². The maximum Gasteiger partial charge on any atom is 0.0547 e. The SMILES string of the molecule is Cc1cc(C)cc(-c2ccc(-n3c4ccccc4c4cc(-c5ccc6c7ccccc7n(-c7cc(C)cc(C)c7)c6c5)ccc43)cc2)c1.Cc1cc(C)cc(-c2ccc(-n3c4ccccc4c4cc(-c5ccc6c7ccccc7n(-c7ccccc7)c6c5)ccc43)cc2)c1.Cc1cc(C)cc(-n2c3ccccc3c3cc(-c4ccc5c6ccccc6n(-c6ccc7c(c6)C(C)(C)c6ccccc6-7)c5c4)ccc32)c1. The molecule has 0 spiro atoms. The van der Waals surface area contributed by atoms with Crippen LogP contribution in [-0.2, 0) is 5.41 Å². The van der Waals surface area contributed by atoms with Gasteiger partial charge in [-0.2, -0.15) is 0 Å². The zero-order chi connectivity index (χ0) is 96.3. The Kier molecular flexibility index (Phi) is 20.3. The van der Waals surface area contributed by atoms with Crippen molar-refractivity contribution in [2.75, 3.05) is 0 Å². The lowest BCUT2D eigenvalue weighted by atomic mass is 9.82. The van der Waals surface area contributed by atoms with Crippen LogP contribution in [-0.4, -0.2) is 27.4 Å². The van der Waals surface area contributed by atoms with Gasteiger partial charge in [0.1, 0.15) is 0 Å². The summed E-state index contributed by atoms with van der Waals surface area (Å²) < 4.78 is 14.5. The fraction of sp³-hybridized carbons (Fsp3) is 0.0803. The van der Waals surface area contributed by atoms with E-state index in [1.807, 2.05) is 0 Å². The zero-order valence-electron chi connectivity index (χ0n) is 81.9. The lowest BCUT2D eigenvalue weighted by Gasteiger charge is -2.22. The quantitative estimate of drug-likeness (QED) is 0.124. The molecule has 1 aliphatic carbocycles. The van der Waals surface area contributed by atoms with E-state index in [2.05, 4.69) is 546 Å². The highest BCUT2D eigenvalue weighted by molar-refractivity contribution is 6.17. The molecule has 0 amide bonds. The van der Waals surface area contributed by atoms with Crippen molar-refractivity contribution in [3.63, 3.8) is 0 Å². The normalized spacial score (nSPS) is 12.3. The van der Waals surface area contributed by atoms with E-state index in [0.29, 0.717) is 0 Å². The highest BCUT2D eigenvalue weighted by Crippen LogP contribution is 2.51. The van der Waals surface area contributed by atoms with Gasteiger partial charge in [-0.1, -0.05) is 321 Å². The molecule has 6 aromatic heterocycles. The summed E-state index contributed by atoms with van der Waals surface area (Å²) in [7, 11) is 0. The number of aryl methyl sites for hydroxylation is 8. The molecule has 0 bridgehead atoms. The van der Waals surface area contributed by atoms with Crippen LogP contribution in [0, 0.1) is 55.4 Å². The number of hydrogen-bond donors (Lipinski definition) is 0. The Morgan fingerprint density at radius 2 is 0.371 bits per heavy atom. The van der Waals surface area contributed by atoms with E-state index in [9.17, 15) is 0 Å². The van der Waals surface area contributed by atoms with E-state index >= 15 is 0 Å². The van der Waals surface area contributed by atoms with E-state index in [1.165, 1.54) is 287 Å². The molecule has 6 heteroatoms. The summed E-state index contributed by atoms with van der Waals surface area (Å²) in [5.74, 6) is 0. The molecule has 6 nitrogen and oxygen atoms in total. The lowest BCUT2D eigenvalue weighted by Crippen LogP contribution is -2.15. The van der Waals surface area contributed by atoms with Gasteiger partial charge in [0.25, 0.3) is 0 Å². The van der Waals surface area contributed by atoms with Crippen molar-refractivity contribution in [2.24, 2.45) is 0 Å². The minimum atomic E-state index is -0.0579. The number of rotatable bonds is 11. The van der Waals surface area contributed by atoms with Gasteiger partial charge in [-0.25, -0.2) is 0 Å². The first-order valence-corrected chi connectivity index (χ1v) is 50.0. The first-order valence-electron chi connectivity index (χ1n) is 50.0. The van der Waals surface area contributed by atoms with Gasteiger partial charge in [-0.3, -0.25) is 0 Å². The summed E-state index contributed by atoms with van der Waals surface area (Å²) in [5.41, 5.74) is 49.8. The number of nitrogens with zero attached hydrogens (tertiary/aromatic N) is 6. The van der Waals surface area contributed by atoms with Crippen LogP contribution in [0.15, 0.2) is 449 Å². The second-order valence-corrected chi connectivity index (χ2v) is 40.3. The monoisotopic (exact) mass is 1830 g/mol. The molecule has 682 valence electrons. The van der Waals surface area contributed by atoms with Gasteiger partial charge >= 0.3 is 0 Å². The van der Waals surface area contributed by atoms with Crippen molar-refractivity contribution in [2.45, 2.75) is 74.7 Å². The molecule has 0 aliphatic heterocycles. The second-order valence-electron chi connectivity index (χ2n) is 40.3. The third-order valence-corrected chi connectivity index (χ3v) is 30.2. The molecule has 1 aliphatic rings. The van der Waals surface area contributed by atoms with Crippen LogP contribution >= 0.6 is 0 Å². The van der Waals surface area contributed by atoms with Gasteiger partial charge in [0.05, 0.1) is 66.2 Å². The Morgan fingerprint density at radius 1 is 0.133 bits per heavy atom. The molecule has 0 fully saturated rings. The molecule has 0 radical (unpaired) electrons. The largest absolute Gasteiger partial charge is 0.309 e. The maximum atomic E-state index is 2.47. The van der Waals surface area contributed by atoms with Gasteiger partial charge in [-0.05, 0) is 319 Å². The van der Waals surface area contributed by atoms with Gasteiger partial charge in [0.15, 0.2) is 0 Å². The minimum absolute atomic E-state index is 0.0579. The van der Waals surface area contributed by atoms with Crippen molar-refractivity contribution in [1.29, 1.82) is 0 Å². The molecule has 0 atom stereocenters. The predicted molar refractivity (Wildman–Crippen MR) is 608 cm³/mol. The predicted octanol–water partition coefficient (Wildman–Crippen LogP) is 36.8. The van der Waals surface area contributed by atoms with E-state index in [1.54, 1.807) is 0 Å². The standard InChI is InChI=1S/C47H36N2.C46H36N2.C44H32N2/c1-29-23-30(2)25-34(24-29)49-44-16-10-7-13-38(44)40-26-31(18-22-45(40)49)32-17-20-39-37-12-6-9-15-43(37)48(46(39)27-32)33-19-21-36-35-11-5-8-14-41(35)47(3,4)42(36)28-33;1-29-21-30(2)24-36(23-29)33-13-17-37(18-14-33)47-44-12-8-6-10-40(44)42-27-34(16-20-45(42)47)35-15-19-41-39-9-5-7-11-43(39)48(46(41)28-35)38-25-31(3)22-32(4)26-38;1-29-24-30(2)26-34(25-29)31-16-20-36(21-17-31)45-42-15-9-7-13-38(42)40-27-32(19-23-43(40)45)33-18-22-39-37-12-6-8-14-41(37)46(44(39)28-33)35-10-4-3-5-11-35/h5-28H,1-4H3;5-28H,1-4H3;3-28H,1-2H3. The van der Waals surface area contributed by atoms with Crippen LogP contribution in [0.25, 0.3) is 232 Å². The Bertz CT molecular complexity index is 9820. The minimum Gasteiger partial charge on any atom is -0.309 e. The third-order valence-electron chi connectivity index (χ3n) is 30.2. The summed E-state index contributed by atoms with van der Waals surface area (Å²) in [6.07, 6.45) is 0. The van der Waals surface area contributed by atoms with Gasteiger partial charge in [0, 0.05) is 104 Å². The van der Waals surface area contributed by atoms with Gasteiger partial charge in [-0.15, -0.1) is 0 Å².